The van der Waals surface area contributed by atoms with Crippen LogP contribution in [0.5, 0.6) is 5.75 Å². The summed E-state index contributed by atoms with van der Waals surface area (Å²) in [4.78, 5) is 29.2. The molecule has 0 atom stereocenters. The van der Waals surface area contributed by atoms with Gasteiger partial charge in [0.1, 0.15) is 11.6 Å². The third-order valence-corrected chi connectivity index (χ3v) is 7.23. The maximum absolute atomic E-state index is 14.1. The summed E-state index contributed by atoms with van der Waals surface area (Å²) in [7, 11) is 1.58. The van der Waals surface area contributed by atoms with E-state index in [9.17, 15) is 14.0 Å². The zero-order valence-electron chi connectivity index (χ0n) is 16.3. The number of likely N-dealkylation sites (tertiary alicyclic amines) is 1. The lowest BCUT2D eigenvalue weighted by molar-refractivity contribution is 0.0495. The van der Waals surface area contributed by atoms with Gasteiger partial charge in [-0.2, -0.15) is 0 Å². The van der Waals surface area contributed by atoms with Crippen molar-refractivity contribution in [3.8, 4) is 5.75 Å². The molecule has 0 bridgehead atoms. The lowest BCUT2D eigenvalue weighted by Crippen LogP contribution is -2.53. The molecule has 0 aliphatic carbocycles. The average molecular weight is 415 g/mol. The first-order chi connectivity index (χ1) is 14.0. The highest BCUT2D eigenvalue weighted by atomic mass is 32.2. The van der Waals surface area contributed by atoms with Gasteiger partial charge >= 0.3 is 0 Å². The second kappa shape index (κ2) is 8.06. The molecule has 2 aromatic carbocycles. The van der Waals surface area contributed by atoms with E-state index >= 15 is 0 Å². The Hall–Kier alpha value is -2.54. The monoisotopic (exact) mass is 414 g/mol. The Morgan fingerprint density at radius 2 is 1.79 bits per heavy atom. The fourth-order valence-electron chi connectivity index (χ4n) is 4.09. The molecule has 29 heavy (non-hydrogen) atoms. The van der Waals surface area contributed by atoms with Crippen molar-refractivity contribution in [3.05, 3.63) is 65.5 Å². The Morgan fingerprint density at radius 3 is 2.52 bits per heavy atom. The number of hydrogen-bond donors (Lipinski definition) is 0. The molecular weight excluding hydrogens is 391 g/mol. The summed E-state index contributed by atoms with van der Waals surface area (Å²) in [6.07, 6.45) is 1.35. The average Bonchev–Trinajstić information content (AvgIpc) is 3.16. The van der Waals surface area contributed by atoms with E-state index in [1.807, 2.05) is 15.9 Å². The lowest BCUT2D eigenvalue weighted by Gasteiger charge is -2.44. The van der Waals surface area contributed by atoms with E-state index < -0.39 is 5.82 Å². The van der Waals surface area contributed by atoms with Gasteiger partial charge < -0.3 is 14.5 Å². The Balaban J connectivity index is 1.48. The Labute approximate surface area is 173 Å². The number of methoxy groups -OCH3 is 1. The van der Waals surface area contributed by atoms with Crippen LogP contribution in [0.2, 0.25) is 0 Å². The van der Waals surface area contributed by atoms with E-state index in [0.717, 1.165) is 5.75 Å². The molecule has 2 amide bonds. The molecule has 0 N–H and O–H groups in total. The van der Waals surface area contributed by atoms with Crippen LogP contribution < -0.4 is 4.74 Å². The predicted octanol–water partition coefficient (Wildman–Crippen LogP) is 3.66. The van der Waals surface area contributed by atoms with Crippen LogP contribution in [0, 0.1) is 5.82 Å². The molecule has 0 aromatic heterocycles. The van der Waals surface area contributed by atoms with Crippen molar-refractivity contribution in [2.75, 3.05) is 32.5 Å². The van der Waals surface area contributed by atoms with Gasteiger partial charge in [-0.3, -0.25) is 9.59 Å². The molecule has 1 spiro atoms. The molecule has 2 saturated heterocycles. The molecule has 0 unspecified atom stereocenters. The predicted molar refractivity (Wildman–Crippen MR) is 111 cm³/mol. The van der Waals surface area contributed by atoms with Gasteiger partial charge in [0, 0.05) is 31.0 Å². The second-order valence-electron chi connectivity index (χ2n) is 7.26. The number of piperidine rings is 1. The maximum Gasteiger partial charge on any atom is 0.257 e. The SMILES string of the molecule is COc1cccc(C(=O)N2CCC3(CC2)SCCN3C(=O)c2ccccc2F)c1. The summed E-state index contributed by atoms with van der Waals surface area (Å²) in [5.41, 5.74) is 0.711. The van der Waals surface area contributed by atoms with Crippen molar-refractivity contribution < 1.29 is 18.7 Å². The summed E-state index contributed by atoms with van der Waals surface area (Å²) in [5, 5.41) is 0. The van der Waals surface area contributed by atoms with Crippen LogP contribution in [-0.2, 0) is 0 Å². The molecule has 2 aliphatic rings. The third-order valence-electron chi connectivity index (χ3n) is 5.68. The highest BCUT2D eigenvalue weighted by molar-refractivity contribution is 8.00. The summed E-state index contributed by atoms with van der Waals surface area (Å²) in [6.45, 7) is 1.72. The Morgan fingerprint density at radius 1 is 1.03 bits per heavy atom. The number of carbonyl (C=O) groups excluding carboxylic acids is 2. The molecule has 2 heterocycles. The molecule has 2 aliphatic heterocycles. The molecule has 2 fully saturated rings. The van der Waals surface area contributed by atoms with Gasteiger partial charge in [0.15, 0.2) is 0 Å². The number of thioether (sulfide) groups is 1. The molecule has 4 rings (SSSR count). The molecule has 5 nitrogen and oxygen atoms in total. The van der Waals surface area contributed by atoms with Gasteiger partial charge in [-0.25, -0.2) is 4.39 Å². The molecule has 152 valence electrons. The van der Waals surface area contributed by atoms with E-state index in [1.165, 1.54) is 12.1 Å². The van der Waals surface area contributed by atoms with Gasteiger partial charge in [-0.1, -0.05) is 18.2 Å². The molecule has 7 heteroatoms. The van der Waals surface area contributed by atoms with Crippen molar-refractivity contribution in [3.63, 3.8) is 0 Å². The fourth-order valence-corrected chi connectivity index (χ4v) is 5.54. The van der Waals surface area contributed by atoms with Crippen LogP contribution in [-0.4, -0.2) is 59.0 Å². The van der Waals surface area contributed by atoms with Crippen LogP contribution in [0.4, 0.5) is 4.39 Å². The number of benzene rings is 2. The van der Waals surface area contributed by atoms with E-state index in [4.69, 9.17) is 4.74 Å². The van der Waals surface area contributed by atoms with Crippen molar-refractivity contribution >= 4 is 23.6 Å². The lowest BCUT2D eigenvalue weighted by atomic mass is 10.00. The highest BCUT2D eigenvalue weighted by Crippen LogP contribution is 2.44. The number of amides is 2. The smallest absolute Gasteiger partial charge is 0.257 e. The molecular formula is C22H23FN2O3S. The second-order valence-corrected chi connectivity index (χ2v) is 8.71. The third kappa shape index (κ3) is 3.71. The minimum Gasteiger partial charge on any atom is -0.497 e. The first kappa shape index (κ1) is 19.8. The normalized spacial score (nSPS) is 18.1. The largest absolute Gasteiger partial charge is 0.497 e. The number of ether oxygens (including phenoxy) is 1. The van der Waals surface area contributed by atoms with Gasteiger partial charge in [0.05, 0.1) is 17.5 Å². The summed E-state index contributed by atoms with van der Waals surface area (Å²) in [6, 6.07) is 13.3. The van der Waals surface area contributed by atoms with Gasteiger partial charge in [0.2, 0.25) is 0 Å². The zero-order chi connectivity index (χ0) is 20.4. The van der Waals surface area contributed by atoms with Gasteiger partial charge in [-0.05, 0) is 43.2 Å². The van der Waals surface area contributed by atoms with E-state index in [-0.39, 0.29) is 22.2 Å². The van der Waals surface area contributed by atoms with E-state index in [1.54, 1.807) is 49.2 Å². The van der Waals surface area contributed by atoms with Crippen LogP contribution in [0.25, 0.3) is 0 Å². The number of rotatable bonds is 3. The number of halogens is 1. The van der Waals surface area contributed by atoms with Crippen LogP contribution >= 0.6 is 11.8 Å². The maximum atomic E-state index is 14.1. The number of carbonyl (C=O) groups is 2. The van der Waals surface area contributed by atoms with E-state index in [0.29, 0.717) is 43.8 Å². The molecule has 0 saturated carbocycles. The number of hydrogen-bond acceptors (Lipinski definition) is 4. The first-order valence-electron chi connectivity index (χ1n) is 9.68. The minimum atomic E-state index is -0.491. The minimum absolute atomic E-state index is 0.0336. The zero-order valence-corrected chi connectivity index (χ0v) is 17.1. The summed E-state index contributed by atoms with van der Waals surface area (Å²) < 4.78 is 19.4. The molecule has 2 aromatic rings. The van der Waals surface area contributed by atoms with Crippen molar-refractivity contribution in [2.45, 2.75) is 17.7 Å². The summed E-state index contributed by atoms with van der Waals surface area (Å²) >= 11 is 1.74. The Kier molecular flexibility index (Phi) is 5.50. The standard InChI is InChI=1S/C22H23FN2O3S/c1-28-17-6-4-5-16(15-17)20(26)24-11-9-22(10-12-24)25(13-14-29-22)21(27)18-7-2-3-8-19(18)23/h2-8,15H,9-14H2,1H3. The Bertz CT molecular complexity index is 928. The van der Waals surface area contributed by atoms with Crippen molar-refractivity contribution in [2.24, 2.45) is 0 Å². The quantitative estimate of drug-likeness (QED) is 0.769. The molecule has 0 radical (unpaired) electrons. The van der Waals surface area contributed by atoms with Crippen LogP contribution in [0.3, 0.4) is 0 Å². The van der Waals surface area contributed by atoms with Gasteiger partial charge in [0.25, 0.3) is 11.8 Å². The van der Waals surface area contributed by atoms with Crippen molar-refractivity contribution in [1.82, 2.24) is 9.80 Å². The fraction of sp³-hybridized carbons (Fsp3) is 0.364. The van der Waals surface area contributed by atoms with E-state index in [2.05, 4.69) is 0 Å². The number of nitrogens with zero attached hydrogens (tertiary/aromatic N) is 2. The van der Waals surface area contributed by atoms with Gasteiger partial charge in [-0.15, -0.1) is 11.8 Å². The first-order valence-corrected chi connectivity index (χ1v) is 10.7. The van der Waals surface area contributed by atoms with Crippen LogP contribution in [0.15, 0.2) is 48.5 Å². The highest BCUT2D eigenvalue weighted by Gasteiger charge is 2.47. The summed E-state index contributed by atoms with van der Waals surface area (Å²) in [5.74, 6) is 0.686. The van der Waals surface area contributed by atoms with Crippen molar-refractivity contribution in [1.29, 1.82) is 0 Å². The topological polar surface area (TPSA) is 49.9 Å². The van der Waals surface area contributed by atoms with Crippen LogP contribution in [0.1, 0.15) is 33.6 Å².